The van der Waals surface area contributed by atoms with Crippen molar-refractivity contribution in [1.29, 1.82) is 0 Å². The SMILES string of the molecule is CN(Cc1cccc(C(=O)O)c1)CC(F)(F)F. The lowest BCUT2D eigenvalue weighted by Crippen LogP contribution is -2.30. The van der Waals surface area contributed by atoms with Crippen molar-refractivity contribution in [3.05, 3.63) is 35.4 Å². The van der Waals surface area contributed by atoms with Crippen molar-refractivity contribution in [3.8, 4) is 0 Å². The van der Waals surface area contributed by atoms with Crippen molar-refractivity contribution < 1.29 is 23.1 Å². The van der Waals surface area contributed by atoms with E-state index in [1.54, 1.807) is 6.07 Å². The summed E-state index contributed by atoms with van der Waals surface area (Å²) in [7, 11) is 1.33. The standard InChI is InChI=1S/C11H12F3NO2/c1-15(7-11(12,13)14)6-8-3-2-4-9(5-8)10(16)17/h2-5H,6-7H2,1H3,(H,16,17). The summed E-state index contributed by atoms with van der Waals surface area (Å²) in [5.74, 6) is -1.09. The highest BCUT2D eigenvalue weighted by molar-refractivity contribution is 5.87. The van der Waals surface area contributed by atoms with Crippen LogP contribution in [0.5, 0.6) is 0 Å². The normalized spacial score (nSPS) is 11.8. The van der Waals surface area contributed by atoms with E-state index in [4.69, 9.17) is 5.11 Å². The molecule has 0 saturated heterocycles. The molecule has 1 aromatic rings. The van der Waals surface area contributed by atoms with Crippen LogP contribution in [0.15, 0.2) is 24.3 Å². The Labute approximate surface area is 96.5 Å². The molecule has 0 unspecified atom stereocenters. The summed E-state index contributed by atoms with van der Waals surface area (Å²) in [6.45, 7) is -0.967. The van der Waals surface area contributed by atoms with Crippen LogP contribution in [0.2, 0.25) is 0 Å². The molecule has 0 aliphatic carbocycles. The van der Waals surface area contributed by atoms with Crippen LogP contribution in [0.3, 0.4) is 0 Å². The molecule has 0 spiro atoms. The number of aromatic carboxylic acids is 1. The van der Waals surface area contributed by atoms with E-state index >= 15 is 0 Å². The van der Waals surface area contributed by atoms with Crippen LogP contribution in [0.4, 0.5) is 13.2 Å². The number of alkyl halides is 3. The second-order valence-corrected chi connectivity index (χ2v) is 3.79. The molecule has 0 amide bonds. The number of benzene rings is 1. The minimum atomic E-state index is -4.25. The Morgan fingerprint density at radius 3 is 2.59 bits per heavy atom. The minimum absolute atomic E-state index is 0.0562. The summed E-state index contributed by atoms with van der Waals surface area (Å²) in [4.78, 5) is 11.8. The van der Waals surface area contributed by atoms with Crippen molar-refractivity contribution in [1.82, 2.24) is 4.90 Å². The van der Waals surface area contributed by atoms with Gasteiger partial charge in [-0.25, -0.2) is 4.79 Å². The highest BCUT2D eigenvalue weighted by Gasteiger charge is 2.29. The topological polar surface area (TPSA) is 40.5 Å². The summed E-state index contributed by atoms with van der Waals surface area (Å²) in [5.41, 5.74) is 0.611. The molecule has 0 aliphatic rings. The summed E-state index contributed by atoms with van der Waals surface area (Å²) < 4.78 is 36.2. The predicted molar refractivity (Wildman–Crippen MR) is 55.8 cm³/mol. The highest BCUT2D eigenvalue weighted by atomic mass is 19.4. The summed E-state index contributed by atoms with van der Waals surface area (Å²) >= 11 is 0. The first-order valence-electron chi connectivity index (χ1n) is 4.85. The Hall–Kier alpha value is -1.56. The molecule has 0 fully saturated rings. The maximum atomic E-state index is 12.1. The van der Waals surface area contributed by atoms with Gasteiger partial charge in [0.25, 0.3) is 0 Å². The number of rotatable bonds is 4. The fourth-order valence-corrected chi connectivity index (χ4v) is 1.48. The van der Waals surface area contributed by atoms with Gasteiger partial charge in [0.2, 0.25) is 0 Å². The maximum Gasteiger partial charge on any atom is 0.401 e. The van der Waals surface area contributed by atoms with Crippen molar-refractivity contribution in [2.24, 2.45) is 0 Å². The lowest BCUT2D eigenvalue weighted by atomic mass is 10.1. The largest absolute Gasteiger partial charge is 0.478 e. The Kier molecular flexibility index (Phi) is 4.11. The molecule has 6 heteroatoms. The van der Waals surface area contributed by atoms with Crippen LogP contribution in [0, 0.1) is 0 Å². The number of hydrogen-bond donors (Lipinski definition) is 1. The zero-order chi connectivity index (χ0) is 13.1. The number of hydrogen-bond acceptors (Lipinski definition) is 2. The summed E-state index contributed by atoms with van der Waals surface area (Å²) in [5, 5.41) is 8.74. The number of carbonyl (C=O) groups is 1. The van der Waals surface area contributed by atoms with Crippen molar-refractivity contribution in [2.75, 3.05) is 13.6 Å². The van der Waals surface area contributed by atoms with Crippen LogP contribution in [-0.2, 0) is 6.54 Å². The molecule has 17 heavy (non-hydrogen) atoms. The van der Waals surface area contributed by atoms with E-state index in [0.717, 1.165) is 4.90 Å². The van der Waals surface area contributed by atoms with Gasteiger partial charge in [-0.1, -0.05) is 12.1 Å². The Balaban J connectivity index is 2.68. The molecule has 1 rings (SSSR count). The first kappa shape index (κ1) is 13.5. The second-order valence-electron chi connectivity index (χ2n) is 3.79. The van der Waals surface area contributed by atoms with Gasteiger partial charge >= 0.3 is 12.1 Å². The van der Waals surface area contributed by atoms with E-state index in [2.05, 4.69) is 0 Å². The molecule has 0 saturated carbocycles. The van der Waals surface area contributed by atoms with Crippen LogP contribution < -0.4 is 0 Å². The van der Waals surface area contributed by atoms with E-state index in [1.165, 1.54) is 25.2 Å². The van der Waals surface area contributed by atoms with Crippen LogP contribution in [-0.4, -0.2) is 35.7 Å². The third-order valence-corrected chi connectivity index (χ3v) is 2.08. The second kappa shape index (κ2) is 5.18. The molecule has 0 aliphatic heterocycles. The minimum Gasteiger partial charge on any atom is -0.478 e. The molecular formula is C11H12F3NO2. The average Bonchev–Trinajstić information content (AvgIpc) is 2.14. The van der Waals surface area contributed by atoms with Crippen LogP contribution in [0.25, 0.3) is 0 Å². The van der Waals surface area contributed by atoms with Crippen molar-refractivity contribution in [2.45, 2.75) is 12.7 Å². The molecule has 1 N–H and O–H groups in total. The third kappa shape index (κ3) is 4.86. The van der Waals surface area contributed by atoms with Gasteiger partial charge in [0.05, 0.1) is 12.1 Å². The van der Waals surface area contributed by atoms with Gasteiger partial charge in [-0.3, -0.25) is 4.90 Å². The van der Waals surface area contributed by atoms with Gasteiger partial charge in [0, 0.05) is 6.54 Å². The lowest BCUT2D eigenvalue weighted by Gasteiger charge is -2.18. The van der Waals surface area contributed by atoms with Gasteiger partial charge in [0.1, 0.15) is 0 Å². The first-order chi connectivity index (χ1) is 7.78. The third-order valence-electron chi connectivity index (χ3n) is 2.08. The fourth-order valence-electron chi connectivity index (χ4n) is 1.48. The van der Waals surface area contributed by atoms with E-state index in [9.17, 15) is 18.0 Å². The van der Waals surface area contributed by atoms with Gasteiger partial charge in [-0.2, -0.15) is 13.2 Å². The van der Waals surface area contributed by atoms with Crippen LogP contribution >= 0.6 is 0 Å². The zero-order valence-corrected chi connectivity index (χ0v) is 9.16. The molecular weight excluding hydrogens is 235 g/mol. The quantitative estimate of drug-likeness (QED) is 0.888. The average molecular weight is 247 g/mol. The molecule has 0 atom stereocenters. The lowest BCUT2D eigenvalue weighted by molar-refractivity contribution is -0.144. The van der Waals surface area contributed by atoms with Gasteiger partial charge < -0.3 is 5.11 Å². The maximum absolute atomic E-state index is 12.1. The number of carboxylic acids is 1. The summed E-state index contributed by atoms with van der Waals surface area (Å²) in [6, 6.07) is 5.88. The van der Waals surface area contributed by atoms with E-state index in [0.29, 0.717) is 5.56 Å². The molecule has 3 nitrogen and oxygen atoms in total. The molecule has 0 radical (unpaired) electrons. The predicted octanol–water partition coefficient (Wildman–Crippen LogP) is 2.38. The summed E-state index contributed by atoms with van der Waals surface area (Å²) in [6.07, 6.45) is -4.25. The zero-order valence-electron chi connectivity index (χ0n) is 9.16. The Bertz CT molecular complexity index is 404. The van der Waals surface area contributed by atoms with E-state index < -0.39 is 18.7 Å². The van der Waals surface area contributed by atoms with Gasteiger partial charge in [-0.05, 0) is 24.7 Å². The molecule has 0 bridgehead atoms. The molecule has 1 aromatic carbocycles. The number of nitrogens with zero attached hydrogens (tertiary/aromatic N) is 1. The molecule has 94 valence electrons. The smallest absolute Gasteiger partial charge is 0.401 e. The van der Waals surface area contributed by atoms with E-state index in [1.807, 2.05) is 0 Å². The first-order valence-corrected chi connectivity index (χ1v) is 4.85. The Morgan fingerprint density at radius 2 is 2.06 bits per heavy atom. The molecule has 0 aromatic heterocycles. The number of halogens is 3. The fraction of sp³-hybridized carbons (Fsp3) is 0.364. The Morgan fingerprint density at radius 1 is 1.41 bits per heavy atom. The monoisotopic (exact) mass is 247 g/mol. The van der Waals surface area contributed by atoms with E-state index in [-0.39, 0.29) is 12.1 Å². The number of carboxylic acid groups (broad SMARTS) is 1. The van der Waals surface area contributed by atoms with Crippen molar-refractivity contribution in [3.63, 3.8) is 0 Å². The van der Waals surface area contributed by atoms with Gasteiger partial charge in [-0.15, -0.1) is 0 Å². The van der Waals surface area contributed by atoms with Crippen molar-refractivity contribution >= 4 is 5.97 Å². The van der Waals surface area contributed by atoms with Crippen LogP contribution in [0.1, 0.15) is 15.9 Å². The highest BCUT2D eigenvalue weighted by Crippen LogP contribution is 2.17. The van der Waals surface area contributed by atoms with Gasteiger partial charge in [0.15, 0.2) is 0 Å². The molecule has 0 heterocycles.